The van der Waals surface area contributed by atoms with Crippen LogP contribution in [0.4, 0.5) is 0 Å². The van der Waals surface area contributed by atoms with Gasteiger partial charge < -0.3 is 0 Å². The lowest BCUT2D eigenvalue weighted by Crippen LogP contribution is -2.22. The molecule has 2 rings (SSSR count). The molecule has 94 valence electrons. The molecule has 0 aromatic carbocycles. The van der Waals surface area contributed by atoms with E-state index in [1.807, 2.05) is 25.3 Å². The first-order valence-electron chi connectivity index (χ1n) is 5.75. The highest BCUT2D eigenvalue weighted by Gasteiger charge is 2.15. The zero-order valence-electron chi connectivity index (χ0n) is 10.2. The second kappa shape index (κ2) is 5.55. The van der Waals surface area contributed by atoms with E-state index in [0.29, 0.717) is 16.4 Å². The maximum Gasteiger partial charge on any atom is 0.272 e. The zero-order chi connectivity index (χ0) is 13.1. The maximum atomic E-state index is 12.2. The van der Waals surface area contributed by atoms with Crippen LogP contribution in [0.15, 0.2) is 21.4 Å². The molecule has 0 aliphatic rings. The average molecular weight is 279 g/mol. The van der Waals surface area contributed by atoms with Gasteiger partial charge in [0.2, 0.25) is 0 Å². The fourth-order valence-electron chi connectivity index (χ4n) is 1.62. The number of fused-ring (bicyclic) bond motifs is 1. The van der Waals surface area contributed by atoms with Gasteiger partial charge in [0.1, 0.15) is 4.70 Å². The predicted octanol–water partition coefficient (Wildman–Crippen LogP) is 2.87. The summed E-state index contributed by atoms with van der Waals surface area (Å²) in [5, 5.41) is 11.4. The minimum absolute atomic E-state index is 0.00667. The molecule has 0 amide bonds. The molecule has 0 unspecified atom stereocenters. The maximum absolute atomic E-state index is 12.2. The SMILES string of the molecule is CC[C@H](C#N)Sc1nc2ccsc2c(=O)n1CC. The largest absolute Gasteiger partial charge is 0.287 e. The summed E-state index contributed by atoms with van der Waals surface area (Å²) in [5.74, 6) is 0. The van der Waals surface area contributed by atoms with Gasteiger partial charge in [0.05, 0.1) is 16.8 Å². The number of aromatic nitrogens is 2. The number of thioether (sulfide) groups is 1. The summed E-state index contributed by atoms with van der Waals surface area (Å²) in [6.45, 7) is 4.45. The van der Waals surface area contributed by atoms with E-state index < -0.39 is 0 Å². The van der Waals surface area contributed by atoms with Gasteiger partial charge in [0, 0.05) is 6.54 Å². The van der Waals surface area contributed by atoms with E-state index in [4.69, 9.17) is 5.26 Å². The molecule has 0 N–H and O–H groups in total. The number of thiophene rings is 1. The van der Waals surface area contributed by atoms with Crippen molar-refractivity contribution in [1.82, 2.24) is 9.55 Å². The van der Waals surface area contributed by atoms with Gasteiger partial charge in [-0.2, -0.15) is 5.26 Å². The summed E-state index contributed by atoms with van der Waals surface area (Å²) in [6, 6.07) is 4.07. The second-order valence-corrected chi connectivity index (χ2v) is 5.81. The van der Waals surface area contributed by atoms with Crippen LogP contribution in [0.2, 0.25) is 0 Å². The monoisotopic (exact) mass is 279 g/mol. The Balaban J connectivity index is 2.55. The van der Waals surface area contributed by atoms with Crippen LogP contribution < -0.4 is 5.56 Å². The van der Waals surface area contributed by atoms with Crippen molar-refractivity contribution in [2.45, 2.75) is 37.2 Å². The van der Waals surface area contributed by atoms with Crippen LogP contribution in [0, 0.1) is 11.3 Å². The minimum Gasteiger partial charge on any atom is -0.287 e. The van der Waals surface area contributed by atoms with Gasteiger partial charge >= 0.3 is 0 Å². The molecular weight excluding hydrogens is 266 g/mol. The van der Waals surface area contributed by atoms with Gasteiger partial charge in [0.15, 0.2) is 5.16 Å². The molecule has 0 fully saturated rings. The molecule has 6 heteroatoms. The van der Waals surface area contributed by atoms with E-state index in [-0.39, 0.29) is 10.8 Å². The van der Waals surface area contributed by atoms with Gasteiger partial charge in [-0.25, -0.2) is 4.98 Å². The molecule has 0 spiro atoms. The number of hydrogen-bond donors (Lipinski definition) is 0. The summed E-state index contributed by atoms with van der Waals surface area (Å²) in [4.78, 5) is 16.7. The molecule has 0 bridgehead atoms. The number of hydrogen-bond acceptors (Lipinski definition) is 5. The lowest BCUT2D eigenvalue weighted by Gasteiger charge is -2.11. The van der Waals surface area contributed by atoms with E-state index in [1.54, 1.807) is 4.57 Å². The highest BCUT2D eigenvalue weighted by atomic mass is 32.2. The van der Waals surface area contributed by atoms with Crippen molar-refractivity contribution in [2.24, 2.45) is 0 Å². The number of nitrogens with zero attached hydrogens (tertiary/aromatic N) is 3. The van der Waals surface area contributed by atoms with Gasteiger partial charge in [-0.05, 0) is 24.8 Å². The third-order valence-corrected chi connectivity index (χ3v) is 4.75. The van der Waals surface area contributed by atoms with E-state index >= 15 is 0 Å². The molecule has 0 aliphatic carbocycles. The summed E-state index contributed by atoms with van der Waals surface area (Å²) >= 11 is 2.78. The zero-order valence-corrected chi connectivity index (χ0v) is 11.8. The Morgan fingerprint density at radius 3 is 3.00 bits per heavy atom. The second-order valence-electron chi connectivity index (χ2n) is 3.72. The van der Waals surface area contributed by atoms with Crippen molar-refractivity contribution < 1.29 is 0 Å². The third-order valence-electron chi connectivity index (χ3n) is 2.61. The lowest BCUT2D eigenvalue weighted by molar-refractivity contribution is 0.634. The third kappa shape index (κ3) is 2.28. The standard InChI is InChI=1S/C12H13N3OS2/c1-3-8(7-13)18-12-14-9-5-6-17-10(9)11(16)15(12)4-2/h5-6,8H,3-4H2,1-2H3/t8-/m1/s1. The number of rotatable bonds is 4. The summed E-state index contributed by atoms with van der Waals surface area (Å²) < 4.78 is 2.33. The van der Waals surface area contributed by atoms with Crippen LogP contribution in [0.1, 0.15) is 20.3 Å². The van der Waals surface area contributed by atoms with Crippen molar-refractivity contribution in [3.8, 4) is 6.07 Å². The predicted molar refractivity (Wildman–Crippen MR) is 75.1 cm³/mol. The van der Waals surface area contributed by atoms with Crippen molar-refractivity contribution in [3.63, 3.8) is 0 Å². The molecule has 0 aliphatic heterocycles. The Hall–Kier alpha value is -1.32. The Kier molecular flexibility index (Phi) is 4.04. The molecule has 0 saturated carbocycles. The first-order valence-corrected chi connectivity index (χ1v) is 7.51. The molecule has 0 saturated heterocycles. The quantitative estimate of drug-likeness (QED) is 0.638. The minimum atomic E-state index is -0.161. The van der Waals surface area contributed by atoms with Crippen molar-refractivity contribution in [3.05, 3.63) is 21.8 Å². The van der Waals surface area contributed by atoms with Crippen LogP contribution in [-0.2, 0) is 6.54 Å². The van der Waals surface area contributed by atoms with Crippen LogP contribution in [0.5, 0.6) is 0 Å². The Bertz CT molecular complexity index is 653. The van der Waals surface area contributed by atoms with Gasteiger partial charge in [-0.1, -0.05) is 18.7 Å². The van der Waals surface area contributed by atoms with Crippen LogP contribution in [-0.4, -0.2) is 14.8 Å². The fourth-order valence-corrected chi connectivity index (χ4v) is 3.36. The molecule has 18 heavy (non-hydrogen) atoms. The molecular formula is C12H13N3OS2. The van der Waals surface area contributed by atoms with Crippen molar-refractivity contribution >= 4 is 33.3 Å². The highest BCUT2D eigenvalue weighted by molar-refractivity contribution is 8.00. The molecule has 4 nitrogen and oxygen atoms in total. The number of nitriles is 1. The Morgan fingerprint density at radius 1 is 1.61 bits per heavy atom. The molecule has 2 aromatic heterocycles. The van der Waals surface area contributed by atoms with Gasteiger partial charge in [0.25, 0.3) is 5.56 Å². The van der Waals surface area contributed by atoms with E-state index in [2.05, 4.69) is 11.1 Å². The Morgan fingerprint density at radius 2 is 2.39 bits per heavy atom. The van der Waals surface area contributed by atoms with E-state index in [9.17, 15) is 4.79 Å². The summed E-state index contributed by atoms with van der Waals surface area (Å²) in [6.07, 6.45) is 0.739. The topological polar surface area (TPSA) is 58.7 Å². The van der Waals surface area contributed by atoms with Crippen molar-refractivity contribution in [2.75, 3.05) is 0 Å². The first kappa shape index (κ1) is 13.1. The smallest absolute Gasteiger partial charge is 0.272 e. The van der Waals surface area contributed by atoms with Crippen LogP contribution in [0.25, 0.3) is 10.2 Å². The first-order chi connectivity index (χ1) is 8.71. The lowest BCUT2D eigenvalue weighted by atomic mass is 10.4. The van der Waals surface area contributed by atoms with Crippen molar-refractivity contribution in [1.29, 1.82) is 5.26 Å². The molecule has 1 atom stereocenters. The van der Waals surface area contributed by atoms with E-state index in [0.717, 1.165) is 11.9 Å². The highest BCUT2D eigenvalue weighted by Crippen LogP contribution is 2.25. The van der Waals surface area contributed by atoms with Gasteiger partial charge in [-0.15, -0.1) is 11.3 Å². The molecule has 2 aromatic rings. The average Bonchev–Trinajstić information content (AvgIpc) is 2.84. The molecule has 0 radical (unpaired) electrons. The fraction of sp³-hybridized carbons (Fsp3) is 0.417. The molecule has 2 heterocycles. The van der Waals surface area contributed by atoms with Gasteiger partial charge in [-0.3, -0.25) is 9.36 Å². The summed E-state index contributed by atoms with van der Waals surface area (Å²) in [5.41, 5.74) is 0.720. The Labute approximate surface area is 113 Å². The normalized spacial score (nSPS) is 12.5. The van der Waals surface area contributed by atoms with Crippen LogP contribution >= 0.6 is 23.1 Å². The van der Waals surface area contributed by atoms with E-state index in [1.165, 1.54) is 23.1 Å². The summed E-state index contributed by atoms with van der Waals surface area (Å²) in [7, 11) is 0. The van der Waals surface area contributed by atoms with Crippen LogP contribution in [0.3, 0.4) is 0 Å².